The fraction of sp³-hybridized carbons (Fsp3) is 0.667. The topological polar surface area (TPSA) is 44.5 Å². The molecule has 1 aliphatic rings. The number of rotatable bonds is 5. The monoisotopic (exact) mass is 291 g/mol. The van der Waals surface area contributed by atoms with Gasteiger partial charge in [-0.1, -0.05) is 36.8 Å². The van der Waals surface area contributed by atoms with Crippen LogP contribution in [0.15, 0.2) is 24.3 Å². The van der Waals surface area contributed by atoms with Crippen molar-refractivity contribution in [2.24, 2.45) is 5.73 Å². The predicted molar refractivity (Wildman–Crippen MR) is 86.3 cm³/mol. The van der Waals surface area contributed by atoms with Gasteiger partial charge < -0.3 is 15.2 Å². The van der Waals surface area contributed by atoms with Crippen LogP contribution in [-0.4, -0.2) is 24.4 Å². The summed E-state index contributed by atoms with van der Waals surface area (Å²) < 4.78 is 12.2. The van der Waals surface area contributed by atoms with Gasteiger partial charge in [0, 0.05) is 6.04 Å². The summed E-state index contributed by atoms with van der Waals surface area (Å²) in [5, 5.41) is 0. The molecular formula is C18H29NO2. The van der Waals surface area contributed by atoms with E-state index in [4.69, 9.17) is 15.2 Å². The maximum atomic E-state index is 6.41. The molecule has 2 rings (SSSR count). The van der Waals surface area contributed by atoms with E-state index in [1.54, 1.807) is 0 Å². The number of hydrogen-bond acceptors (Lipinski definition) is 3. The molecule has 1 aliphatic heterocycles. The van der Waals surface area contributed by atoms with Gasteiger partial charge in [0.2, 0.25) is 0 Å². The van der Waals surface area contributed by atoms with Crippen LogP contribution < -0.4 is 5.73 Å². The minimum Gasteiger partial charge on any atom is -0.375 e. The van der Waals surface area contributed by atoms with Gasteiger partial charge in [-0.2, -0.15) is 0 Å². The van der Waals surface area contributed by atoms with E-state index < -0.39 is 0 Å². The van der Waals surface area contributed by atoms with Crippen molar-refractivity contribution in [1.82, 2.24) is 0 Å². The highest BCUT2D eigenvalue weighted by Gasteiger charge is 2.29. The average Bonchev–Trinajstić information content (AvgIpc) is 2.44. The first-order valence-electron chi connectivity index (χ1n) is 8.12. The molecular weight excluding hydrogens is 262 g/mol. The Kier molecular flexibility index (Phi) is 5.80. The molecule has 3 nitrogen and oxygen atoms in total. The van der Waals surface area contributed by atoms with Gasteiger partial charge in [0.1, 0.15) is 0 Å². The summed E-state index contributed by atoms with van der Waals surface area (Å²) in [7, 11) is 0. The van der Waals surface area contributed by atoms with E-state index >= 15 is 0 Å². The molecule has 3 heteroatoms. The molecule has 118 valence electrons. The molecule has 0 bridgehead atoms. The third kappa shape index (κ3) is 4.53. The van der Waals surface area contributed by atoms with Crippen LogP contribution in [0.3, 0.4) is 0 Å². The fourth-order valence-corrected chi connectivity index (χ4v) is 3.06. The van der Waals surface area contributed by atoms with E-state index in [0.29, 0.717) is 0 Å². The van der Waals surface area contributed by atoms with E-state index in [9.17, 15) is 0 Å². The molecule has 1 saturated heterocycles. The molecule has 1 fully saturated rings. The standard InChI is InChI=1S/C18H29NO2/c1-5-17(19)18(15-8-6-12(2)7-9-15)21-16-10-13(3)20-14(4)11-16/h6-9,13-14,16-18H,5,10-11,19H2,1-4H3. The lowest BCUT2D eigenvalue weighted by Crippen LogP contribution is -2.38. The summed E-state index contributed by atoms with van der Waals surface area (Å²) >= 11 is 0. The van der Waals surface area contributed by atoms with E-state index in [1.165, 1.54) is 11.1 Å². The van der Waals surface area contributed by atoms with Gasteiger partial charge in [-0.25, -0.2) is 0 Å². The normalized spacial score (nSPS) is 29.1. The highest BCUT2D eigenvalue weighted by molar-refractivity contribution is 5.24. The zero-order valence-electron chi connectivity index (χ0n) is 13.7. The summed E-state index contributed by atoms with van der Waals surface area (Å²) in [6.07, 6.45) is 3.52. The number of nitrogens with two attached hydrogens (primary N) is 1. The van der Waals surface area contributed by atoms with Gasteiger partial charge in [-0.05, 0) is 45.6 Å². The van der Waals surface area contributed by atoms with Gasteiger partial charge in [-0.15, -0.1) is 0 Å². The van der Waals surface area contributed by atoms with Gasteiger partial charge in [0.25, 0.3) is 0 Å². The van der Waals surface area contributed by atoms with Crippen molar-refractivity contribution in [3.63, 3.8) is 0 Å². The molecule has 0 aliphatic carbocycles. The Hall–Kier alpha value is -0.900. The van der Waals surface area contributed by atoms with Crippen LogP contribution in [-0.2, 0) is 9.47 Å². The zero-order valence-corrected chi connectivity index (χ0v) is 13.7. The predicted octanol–water partition coefficient (Wildman–Crippen LogP) is 3.75. The Morgan fingerprint density at radius 3 is 2.29 bits per heavy atom. The van der Waals surface area contributed by atoms with Crippen molar-refractivity contribution in [3.8, 4) is 0 Å². The van der Waals surface area contributed by atoms with Crippen LogP contribution in [0, 0.1) is 6.92 Å². The van der Waals surface area contributed by atoms with Crippen LogP contribution >= 0.6 is 0 Å². The van der Waals surface area contributed by atoms with Crippen LogP contribution in [0.4, 0.5) is 0 Å². The summed E-state index contributed by atoms with van der Waals surface area (Å²) in [6, 6.07) is 8.57. The Balaban J connectivity index is 2.11. The van der Waals surface area contributed by atoms with E-state index in [-0.39, 0.29) is 30.5 Å². The second kappa shape index (κ2) is 7.39. The molecule has 0 saturated carbocycles. The molecule has 21 heavy (non-hydrogen) atoms. The van der Waals surface area contributed by atoms with E-state index in [1.807, 2.05) is 0 Å². The third-order valence-corrected chi connectivity index (χ3v) is 4.26. The van der Waals surface area contributed by atoms with Crippen LogP contribution in [0.2, 0.25) is 0 Å². The van der Waals surface area contributed by atoms with Crippen LogP contribution in [0.25, 0.3) is 0 Å². The SMILES string of the molecule is CCC(N)C(OC1CC(C)OC(C)C1)c1ccc(C)cc1. The molecule has 0 spiro atoms. The first-order chi connectivity index (χ1) is 9.99. The highest BCUT2D eigenvalue weighted by atomic mass is 16.5. The third-order valence-electron chi connectivity index (χ3n) is 4.26. The summed E-state index contributed by atoms with van der Waals surface area (Å²) in [4.78, 5) is 0. The highest BCUT2D eigenvalue weighted by Crippen LogP contribution is 2.30. The minimum atomic E-state index is -0.0295. The van der Waals surface area contributed by atoms with Crippen LogP contribution in [0.1, 0.15) is 57.3 Å². The molecule has 4 unspecified atom stereocenters. The number of hydrogen-bond donors (Lipinski definition) is 1. The lowest BCUT2D eigenvalue weighted by atomic mass is 9.97. The van der Waals surface area contributed by atoms with Gasteiger partial charge in [0.15, 0.2) is 0 Å². The maximum absolute atomic E-state index is 6.41. The Labute approximate surface area is 128 Å². The summed E-state index contributed by atoms with van der Waals surface area (Å²) in [5.74, 6) is 0. The van der Waals surface area contributed by atoms with Crippen molar-refractivity contribution in [2.45, 2.75) is 77.4 Å². The van der Waals surface area contributed by atoms with Crippen molar-refractivity contribution in [3.05, 3.63) is 35.4 Å². The van der Waals surface area contributed by atoms with E-state index in [0.717, 1.165) is 19.3 Å². The van der Waals surface area contributed by atoms with Crippen LogP contribution in [0.5, 0.6) is 0 Å². The van der Waals surface area contributed by atoms with Crippen molar-refractivity contribution in [2.75, 3.05) is 0 Å². The minimum absolute atomic E-state index is 0.0289. The number of aryl methyl sites for hydroxylation is 1. The maximum Gasteiger partial charge on any atom is 0.0979 e. The number of ether oxygens (including phenoxy) is 2. The summed E-state index contributed by atoms with van der Waals surface area (Å²) in [6.45, 7) is 8.45. The Bertz CT molecular complexity index is 421. The average molecular weight is 291 g/mol. The molecule has 0 radical (unpaired) electrons. The molecule has 2 N–H and O–H groups in total. The van der Waals surface area contributed by atoms with E-state index in [2.05, 4.69) is 52.0 Å². The first kappa shape index (κ1) is 16.5. The fourth-order valence-electron chi connectivity index (χ4n) is 3.06. The lowest BCUT2D eigenvalue weighted by Gasteiger charge is -2.36. The van der Waals surface area contributed by atoms with Crippen molar-refractivity contribution < 1.29 is 9.47 Å². The van der Waals surface area contributed by atoms with Gasteiger partial charge in [-0.3, -0.25) is 0 Å². The second-order valence-corrected chi connectivity index (χ2v) is 6.39. The largest absolute Gasteiger partial charge is 0.375 e. The zero-order chi connectivity index (χ0) is 15.4. The quantitative estimate of drug-likeness (QED) is 0.898. The lowest BCUT2D eigenvalue weighted by molar-refractivity contribution is -0.127. The molecule has 0 amide bonds. The molecule has 1 aromatic carbocycles. The second-order valence-electron chi connectivity index (χ2n) is 6.39. The molecule has 0 aromatic heterocycles. The van der Waals surface area contributed by atoms with Crippen molar-refractivity contribution in [1.29, 1.82) is 0 Å². The molecule has 1 heterocycles. The van der Waals surface area contributed by atoms with Gasteiger partial charge in [0.05, 0.1) is 24.4 Å². The van der Waals surface area contributed by atoms with Crippen molar-refractivity contribution >= 4 is 0 Å². The Morgan fingerprint density at radius 1 is 1.19 bits per heavy atom. The molecule has 4 atom stereocenters. The summed E-state index contributed by atoms with van der Waals surface area (Å²) in [5.41, 5.74) is 8.76. The Morgan fingerprint density at radius 2 is 1.76 bits per heavy atom. The molecule has 1 aromatic rings. The van der Waals surface area contributed by atoms with Gasteiger partial charge >= 0.3 is 0 Å². The smallest absolute Gasteiger partial charge is 0.0979 e. The number of benzene rings is 1. The first-order valence-corrected chi connectivity index (χ1v) is 8.12.